The average Bonchev–Trinajstić information content (AvgIpc) is 2.69. The normalized spacial score (nSPS) is 22.9. The maximum absolute atomic E-state index is 12.7. The summed E-state index contributed by atoms with van der Waals surface area (Å²) >= 11 is 0. The van der Waals surface area contributed by atoms with Crippen molar-refractivity contribution in [1.82, 2.24) is 21.5 Å². The second kappa shape index (κ2) is 14.3. The molecule has 0 aromatic carbocycles. The van der Waals surface area contributed by atoms with Crippen LogP contribution in [0.1, 0.15) is 101 Å². The monoisotopic (exact) mass is 542 g/mol. The zero-order valence-electron chi connectivity index (χ0n) is 24.8. The van der Waals surface area contributed by atoms with Crippen LogP contribution in [-0.2, 0) is 33.4 Å². The van der Waals surface area contributed by atoms with Crippen molar-refractivity contribution in [1.29, 1.82) is 0 Å². The minimum absolute atomic E-state index is 0.0119. The number of ether oxygens (including phenoxy) is 3. The van der Waals surface area contributed by atoms with Crippen LogP contribution in [0.3, 0.4) is 0 Å². The quantitative estimate of drug-likeness (QED) is 0.249. The third kappa shape index (κ3) is 15.4. The highest BCUT2D eigenvalue weighted by Gasteiger charge is 2.36. The molecular formula is C27H50N4O7. The van der Waals surface area contributed by atoms with Gasteiger partial charge in [0, 0.05) is 24.9 Å². The van der Waals surface area contributed by atoms with Gasteiger partial charge in [-0.3, -0.25) is 14.4 Å². The number of hydrogen-bond acceptors (Lipinski definition) is 11. The Labute approximate surface area is 228 Å². The molecule has 1 aliphatic rings. The Hall–Kier alpha value is -2.08. The number of carbonyl (C=O) groups excluding carboxylic acids is 4. The molecule has 0 aromatic heterocycles. The van der Waals surface area contributed by atoms with E-state index in [0.29, 0.717) is 38.8 Å². The molecule has 1 saturated heterocycles. The summed E-state index contributed by atoms with van der Waals surface area (Å²) < 4.78 is 16.5. The third-order valence-corrected chi connectivity index (χ3v) is 5.69. The molecule has 3 N–H and O–H groups in total. The lowest BCUT2D eigenvalue weighted by Crippen LogP contribution is -2.55. The molecule has 1 rings (SSSR count). The Morgan fingerprint density at radius 1 is 0.842 bits per heavy atom. The van der Waals surface area contributed by atoms with Crippen molar-refractivity contribution in [3.63, 3.8) is 0 Å². The standard InChI is InChI=1S/C27H50N4O7/c1-24(2,3)36-21(33)16-20-10-12-27(19-32,17-22(34)37-25(4,5)6)13-14-28-29-30-31(15-11-20)18-23(35)38-26(7,8)9/h19-20,28-30H,10-18H2,1-9H3. The van der Waals surface area contributed by atoms with Crippen LogP contribution in [0.15, 0.2) is 0 Å². The van der Waals surface area contributed by atoms with Gasteiger partial charge in [-0.05, 0) is 93.9 Å². The predicted octanol–water partition coefficient (Wildman–Crippen LogP) is 2.98. The molecule has 11 heteroatoms. The smallest absolute Gasteiger partial charge is 0.322 e. The lowest BCUT2D eigenvalue weighted by atomic mass is 9.76. The SMILES string of the molecule is CC(C)(C)OC(=O)CC1CCN(CC(=O)OC(C)(C)C)NNNCCC(C=O)(CC(=O)OC(C)(C)C)CC1. The Morgan fingerprint density at radius 3 is 1.95 bits per heavy atom. The maximum atomic E-state index is 12.7. The van der Waals surface area contributed by atoms with Gasteiger partial charge in [0.15, 0.2) is 0 Å². The van der Waals surface area contributed by atoms with E-state index in [4.69, 9.17) is 14.2 Å². The number of esters is 3. The number of carbonyl (C=O) groups is 4. The zero-order chi connectivity index (χ0) is 29.2. The van der Waals surface area contributed by atoms with E-state index in [9.17, 15) is 19.2 Å². The predicted molar refractivity (Wildman–Crippen MR) is 143 cm³/mol. The number of hydrazine groups is 3. The summed E-state index contributed by atoms with van der Waals surface area (Å²) in [6, 6.07) is 0. The van der Waals surface area contributed by atoms with Crippen LogP contribution < -0.4 is 16.5 Å². The molecule has 38 heavy (non-hydrogen) atoms. The molecule has 0 amide bonds. The van der Waals surface area contributed by atoms with E-state index < -0.39 is 28.2 Å². The van der Waals surface area contributed by atoms with Crippen molar-refractivity contribution >= 4 is 24.2 Å². The zero-order valence-corrected chi connectivity index (χ0v) is 24.8. The first kappa shape index (κ1) is 33.9. The summed E-state index contributed by atoms with van der Waals surface area (Å²) in [7, 11) is 0. The third-order valence-electron chi connectivity index (χ3n) is 5.69. The van der Waals surface area contributed by atoms with Crippen molar-refractivity contribution in [3.05, 3.63) is 0 Å². The molecule has 0 bridgehead atoms. The van der Waals surface area contributed by atoms with Crippen LogP contribution in [0.4, 0.5) is 0 Å². The fraction of sp³-hybridized carbons (Fsp3) is 0.852. The summed E-state index contributed by atoms with van der Waals surface area (Å²) in [6.45, 7) is 17.0. The highest BCUT2D eigenvalue weighted by molar-refractivity contribution is 5.76. The van der Waals surface area contributed by atoms with Gasteiger partial charge in [-0.25, -0.2) is 10.4 Å². The number of aldehydes is 1. The first-order chi connectivity index (χ1) is 17.3. The van der Waals surface area contributed by atoms with E-state index in [2.05, 4.69) is 16.5 Å². The van der Waals surface area contributed by atoms with Crippen molar-refractivity contribution in [3.8, 4) is 0 Å². The van der Waals surface area contributed by atoms with Gasteiger partial charge < -0.3 is 19.0 Å². The minimum Gasteiger partial charge on any atom is -0.460 e. The second-order valence-corrected chi connectivity index (χ2v) is 13.1. The van der Waals surface area contributed by atoms with Crippen molar-refractivity contribution < 1.29 is 33.4 Å². The molecule has 2 atom stereocenters. The number of hydrogen-bond donors (Lipinski definition) is 3. The van der Waals surface area contributed by atoms with Crippen molar-refractivity contribution in [2.45, 2.75) is 118 Å². The summed E-state index contributed by atoms with van der Waals surface area (Å²) in [5.41, 5.74) is 5.97. The Morgan fingerprint density at radius 2 is 1.39 bits per heavy atom. The molecule has 0 radical (unpaired) electrons. The summed E-state index contributed by atoms with van der Waals surface area (Å²) in [6.07, 6.45) is 2.79. The summed E-state index contributed by atoms with van der Waals surface area (Å²) in [4.78, 5) is 50.2. The molecule has 2 unspecified atom stereocenters. The molecule has 220 valence electrons. The van der Waals surface area contributed by atoms with E-state index in [1.165, 1.54) is 0 Å². The van der Waals surface area contributed by atoms with Crippen LogP contribution in [0, 0.1) is 11.3 Å². The first-order valence-electron chi connectivity index (χ1n) is 13.4. The molecule has 0 aliphatic carbocycles. The number of rotatable bonds is 7. The topological polar surface area (TPSA) is 135 Å². The maximum Gasteiger partial charge on any atom is 0.322 e. The van der Waals surface area contributed by atoms with E-state index in [1.807, 2.05) is 41.5 Å². The van der Waals surface area contributed by atoms with Gasteiger partial charge in [0.1, 0.15) is 29.6 Å². The molecule has 11 nitrogen and oxygen atoms in total. The van der Waals surface area contributed by atoms with Gasteiger partial charge in [0.05, 0.1) is 6.42 Å². The van der Waals surface area contributed by atoms with Crippen LogP contribution >= 0.6 is 0 Å². The molecule has 1 aliphatic heterocycles. The highest BCUT2D eigenvalue weighted by atomic mass is 16.6. The lowest BCUT2D eigenvalue weighted by molar-refractivity contribution is -0.160. The average molecular weight is 543 g/mol. The van der Waals surface area contributed by atoms with Gasteiger partial charge in [-0.1, -0.05) is 0 Å². The van der Waals surface area contributed by atoms with Crippen LogP contribution in [0.2, 0.25) is 0 Å². The Bertz CT molecular complexity index is 799. The first-order valence-corrected chi connectivity index (χ1v) is 13.4. The number of nitrogens with zero attached hydrogens (tertiary/aromatic N) is 1. The van der Waals surface area contributed by atoms with E-state index in [1.54, 1.807) is 25.8 Å². The highest BCUT2D eigenvalue weighted by Crippen LogP contribution is 2.34. The van der Waals surface area contributed by atoms with Crippen molar-refractivity contribution in [2.75, 3.05) is 19.6 Å². The fourth-order valence-electron chi connectivity index (χ4n) is 4.12. The second-order valence-electron chi connectivity index (χ2n) is 13.1. The molecule has 1 heterocycles. The van der Waals surface area contributed by atoms with E-state index >= 15 is 0 Å². The number of nitrogens with one attached hydrogen (secondary N) is 3. The van der Waals surface area contributed by atoms with Crippen LogP contribution in [-0.4, -0.2) is 65.6 Å². The van der Waals surface area contributed by atoms with Crippen molar-refractivity contribution in [2.24, 2.45) is 11.3 Å². The van der Waals surface area contributed by atoms with Gasteiger partial charge in [0.25, 0.3) is 0 Å². The molecular weight excluding hydrogens is 492 g/mol. The Kier molecular flexibility index (Phi) is 12.8. The van der Waals surface area contributed by atoms with Gasteiger partial charge in [-0.2, -0.15) is 11.1 Å². The molecule has 0 spiro atoms. The van der Waals surface area contributed by atoms with Gasteiger partial charge in [0.2, 0.25) is 0 Å². The minimum atomic E-state index is -0.946. The fourth-order valence-corrected chi connectivity index (χ4v) is 4.12. The Balaban J connectivity index is 3.07. The molecule has 0 saturated carbocycles. The van der Waals surface area contributed by atoms with E-state index in [-0.39, 0.29) is 37.2 Å². The van der Waals surface area contributed by atoms with E-state index in [0.717, 1.165) is 6.29 Å². The molecule has 1 fully saturated rings. The van der Waals surface area contributed by atoms with Crippen LogP contribution in [0.25, 0.3) is 0 Å². The van der Waals surface area contributed by atoms with Crippen LogP contribution in [0.5, 0.6) is 0 Å². The summed E-state index contributed by atoms with van der Waals surface area (Å²) in [5.74, 6) is -1.29. The lowest BCUT2D eigenvalue weighted by Gasteiger charge is -2.33. The van der Waals surface area contributed by atoms with Gasteiger partial charge >= 0.3 is 17.9 Å². The summed E-state index contributed by atoms with van der Waals surface area (Å²) in [5, 5.41) is 1.68. The van der Waals surface area contributed by atoms with Gasteiger partial charge in [-0.15, -0.1) is 0 Å². The molecule has 0 aromatic rings. The largest absolute Gasteiger partial charge is 0.460 e.